The zero-order chi connectivity index (χ0) is 15.8. The molecule has 22 heavy (non-hydrogen) atoms. The van der Waals surface area contributed by atoms with Crippen molar-refractivity contribution in [1.29, 1.82) is 0 Å². The second kappa shape index (κ2) is 8.38. The molecule has 6 nitrogen and oxygen atoms in total. The normalized spacial score (nSPS) is 15.9. The lowest BCUT2D eigenvalue weighted by molar-refractivity contribution is -0.134. The molecule has 1 saturated heterocycles. The van der Waals surface area contributed by atoms with Crippen LogP contribution in [0.3, 0.4) is 0 Å². The van der Waals surface area contributed by atoms with E-state index in [1.54, 1.807) is 6.07 Å². The van der Waals surface area contributed by atoms with Crippen LogP contribution in [0, 0.1) is 0 Å². The molecule has 2 heterocycles. The van der Waals surface area contributed by atoms with Gasteiger partial charge < -0.3 is 14.5 Å². The molecular weight excluding hydrogens is 284 g/mol. The number of likely N-dealkylation sites (tertiary alicyclic amines) is 1. The molecule has 0 atom stereocenters. The van der Waals surface area contributed by atoms with Crippen LogP contribution < -0.4 is 5.32 Å². The Labute approximate surface area is 130 Å². The molecule has 0 saturated carbocycles. The summed E-state index contributed by atoms with van der Waals surface area (Å²) in [5, 5.41) is 2.65. The molecule has 1 aliphatic heterocycles. The Morgan fingerprint density at radius 2 is 2.09 bits per heavy atom. The van der Waals surface area contributed by atoms with Crippen LogP contribution in [0.4, 0.5) is 0 Å². The average molecular weight is 306 g/mol. The summed E-state index contributed by atoms with van der Waals surface area (Å²) in [6.07, 6.45) is 6.54. The van der Waals surface area contributed by atoms with Crippen molar-refractivity contribution in [2.24, 2.45) is 0 Å². The summed E-state index contributed by atoms with van der Waals surface area (Å²) in [5.74, 6) is 0.353. The molecule has 1 aromatic rings. The SMILES string of the molecule is COC(=O)/C=C/CNC(=O)c1ccc(CN2CCCCC2)o1. The van der Waals surface area contributed by atoms with Gasteiger partial charge >= 0.3 is 5.97 Å². The average Bonchev–Trinajstić information content (AvgIpc) is 3.00. The molecule has 6 heteroatoms. The zero-order valence-corrected chi connectivity index (χ0v) is 12.8. The highest BCUT2D eigenvalue weighted by Gasteiger charge is 2.14. The minimum absolute atomic E-state index is 0.246. The minimum atomic E-state index is -0.448. The zero-order valence-electron chi connectivity index (χ0n) is 12.8. The number of hydrogen-bond donors (Lipinski definition) is 1. The number of piperidine rings is 1. The van der Waals surface area contributed by atoms with Gasteiger partial charge in [0, 0.05) is 12.6 Å². The maximum Gasteiger partial charge on any atom is 0.330 e. The van der Waals surface area contributed by atoms with Crippen molar-refractivity contribution in [3.05, 3.63) is 35.8 Å². The number of carbonyl (C=O) groups excluding carboxylic acids is 2. The molecular formula is C16H22N2O4. The Bertz CT molecular complexity index is 530. The fourth-order valence-corrected chi connectivity index (χ4v) is 2.38. The van der Waals surface area contributed by atoms with E-state index >= 15 is 0 Å². The second-order valence-corrected chi connectivity index (χ2v) is 5.24. The minimum Gasteiger partial charge on any atom is -0.466 e. The number of carbonyl (C=O) groups is 2. The fraction of sp³-hybridized carbons (Fsp3) is 0.500. The van der Waals surface area contributed by atoms with Crippen LogP contribution in [-0.2, 0) is 16.1 Å². The number of amides is 1. The summed E-state index contributed by atoms with van der Waals surface area (Å²) in [6.45, 7) is 3.16. The van der Waals surface area contributed by atoms with E-state index in [0.29, 0.717) is 5.76 Å². The van der Waals surface area contributed by atoms with Crippen LogP contribution in [0.2, 0.25) is 0 Å². The third-order valence-electron chi connectivity index (χ3n) is 3.55. The highest BCUT2D eigenvalue weighted by Crippen LogP contribution is 2.15. The first-order chi connectivity index (χ1) is 10.7. The lowest BCUT2D eigenvalue weighted by Crippen LogP contribution is -2.28. The van der Waals surface area contributed by atoms with E-state index in [2.05, 4.69) is 15.0 Å². The van der Waals surface area contributed by atoms with Crippen molar-refractivity contribution in [2.45, 2.75) is 25.8 Å². The third kappa shape index (κ3) is 5.04. The van der Waals surface area contributed by atoms with Crippen molar-refractivity contribution >= 4 is 11.9 Å². The Hall–Kier alpha value is -2.08. The van der Waals surface area contributed by atoms with E-state index in [-0.39, 0.29) is 12.5 Å². The van der Waals surface area contributed by atoms with Gasteiger partial charge in [-0.25, -0.2) is 4.79 Å². The van der Waals surface area contributed by atoms with E-state index in [0.717, 1.165) is 25.4 Å². The number of furan rings is 1. The molecule has 2 rings (SSSR count). The lowest BCUT2D eigenvalue weighted by Gasteiger charge is -2.25. The molecule has 0 unspecified atom stereocenters. The monoisotopic (exact) mass is 306 g/mol. The second-order valence-electron chi connectivity index (χ2n) is 5.24. The van der Waals surface area contributed by atoms with E-state index < -0.39 is 5.97 Å². The van der Waals surface area contributed by atoms with Crippen molar-refractivity contribution < 1.29 is 18.7 Å². The number of rotatable bonds is 6. The molecule has 1 amide bonds. The fourth-order valence-electron chi connectivity index (χ4n) is 2.38. The third-order valence-corrected chi connectivity index (χ3v) is 3.55. The van der Waals surface area contributed by atoms with E-state index in [4.69, 9.17) is 4.42 Å². The van der Waals surface area contributed by atoms with Crippen molar-refractivity contribution in [3.8, 4) is 0 Å². The smallest absolute Gasteiger partial charge is 0.330 e. The standard InChI is InChI=1S/C16H22N2O4/c1-21-15(19)6-5-9-17-16(20)14-8-7-13(22-14)12-18-10-3-2-4-11-18/h5-8H,2-4,9-12H2,1H3,(H,17,20)/b6-5+. The molecule has 0 spiro atoms. The quantitative estimate of drug-likeness (QED) is 0.640. The lowest BCUT2D eigenvalue weighted by atomic mass is 10.1. The number of methoxy groups -OCH3 is 1. The Kier molecular flexibility index (Phi) is 6.21. The summed E-state index contributed by atoms with van der Waals surface area (Å²) in [5.41, 5.74) is 0. The summed E-state index contributed by atoms with van der Waals surface area (Å²) in [4.78, 5) is 25.1. The van der Waals surface area contributed by atoms with Crippen molar-refractivity contribution in [3.63, 3.8) is 0 Å². The largest absolute Gasteiger partial charge is 0.466 e. The topological polar surface area (TPSA) is 71.8 Å². The van der Waals surface area contributed by atoms with Crippen LogP contribution >= 0.6 is 0 Å². The summed E-state index contributed by atoms with van der Waals surface area (Å²) in [6, 6.07) is 3.52. The van der Waals surface area contributed by atoms with Crippen LogP contribution in [0.15, 0.2) is 28.7 Å². The summed E-state index contributed by atoms with van der Waals surface area (Å²) >= 11 is 0. The molecule has 1 aromatic heterocycles. The van der Waals surface area contributed by atoms with E-state index in [1.807, 2.05) is 6.07 Å². The molecule has 0 bridgehead atoms. The number of ether oxygens (including phenoxy) is 1. The first-order valence-corrected chi connectivity index (χ1v) is 7.53. The Morgan fingerprint density at radius 3 is 2.82 bits per heavy atom. The highest BCUT2D eigenvalue weighted by molar-refractivity contribution is 5.91. The highest BCUT2D eigenvalue weighted by atomic mass is 16.5. The van der Waals surface area contributed by atoms with Gasteiger partial charge in [0.25, 0.3) is 5.91 Å². The molecule has 1 aliphatic rings. The summed E-state index contributed by atoms with van der Waals surface area (Å²) in [7, 11) is 1.30. The number of nitrogens with zero attached hydrogens (tertiary/aromatic N) is 1. The number of esters is 1. The van der Waals surface area contributed by atoms with Gasteiger partial charge in [-0.05, 0) is 38.1 Å². The molecule has 120 valence electrons. The molecule has 0 aromatic carbocycles. The van der Waals surface area contributed by atoms with Gasteiger partial charge in [-0.3, -0.25) is 9.69 Å². The van der Waals surface area contributed by atoms with Crippen LogP contribution in [0.5, 0.6) is 0 Å². The number of nitrogens with one attached hydrogen (secondary N) is 1. The molecule has 1 fully saturated rings. The van der Waals surface area contributed by atoms with Crippen molar-refractivity contribution in [2.75, 3.05) is 26.7 Å². The van der Waals surface area contributed by atoms with Crippen LogP contribution in [0.25, 0.3) is 0 Å². The maximum atomic E-state index is 11.9. The van der Waals surface area contributed by atoms with Crippen LogP contribution in [-0.4, -0.2) is 43.5 Å². The van der Waals surface area contributed by atoms with Gasteiger partial charge in [-0.15, -0.1) is 0 Å². The van der Waals surface area contributed by atoms with Gasteiger partial charge in [-0.2, -0.15) is 0 Å². The Balaban J connectivity index is 1.78. The van der Waals surface area contributed by atoms with Gasteiger partial charge in [0.2, 0.25) is 0 Å². The summed E-state index contributed by atoms with van der Waals surface area (Å²) < 4.78 is 10.0. The van der Waals surface area contributed by atoms with Gasteiger partial charge in [0.1, 0.15) is 5.76 Å². The predicted molar refractivity (Wildman–Crippen MR) is 81.3 cm³/mol. The predicted octanol–water partition coefficient (Wildman–Crippen LogP) is 1.72. The van der Waals surface area contributed by atoms with Gasteiger partial charge in [-0.1, -0.05) is 12.5 Å². The van der Waals surface area contributed by atoms with Gasteiger partial charge in [0.15, 0.2) is 5.76 Å². The van der Waals surface area contributed by atoms with E-state index in [1.165, 1.54) is 38.5 Å². The van der Waals surface area contributed by atoms with Gasteiger partial charge in [0.05, 0.1) is 13.7 Å². The first-order valence-electron chi connectivity index (χ1n) is 7.53. The van der Waals surface area contributed by atoms with Crippen molar-refractivity contribution in [1.82, 2.24) is 10.2 Å². The van der Waals surface area contributed by atoms with E-state index in [9.17, 15) is 9.59 Å². The molecule has 1 N–H and O–H groups in total. The maximum absolute atomic E-state index is 11.9. The molecule has 0 radical (unpaired) electrons. The molecule has 0 aliphatic carbocycles. The first kappa shape index (κ1) is 16.3. The Morgan fingerprint density at radius 1 is 1.32 bits per heavy atom. The van der Waals surface area contributed by atoms with Crippen LogP contribution in [0.1, 0.15) is 35.6 Å². The number of hydrogen-bond acceptors (Lipinski definition) is 5.